The number of aryl methyl sites for hydroxylation is 1. The summed E-state index contributed by atoms with van der Waals surface area (Å²) in [7, 11) is 3.12. The van der Waals surface area contributed by atoms with Gasteiger partial charge in [-0.25, -0.2) is 4.98 Å². The second kappa shape index (κ2) is 8.59. The lowest BCUT2D eigenvalue weighted by Crippen LogP contribution is -2.15. The van der Waals surface area contributed by atoms with Gasteiger partial charge in [0.15, 0.2) is 5.82 Å². The molecule has 0 atom stereocenters. The van der Waals surface area contributed by atoms with Gasteiger partial charge in [-0.3, -0.25) is 9.89 Å². The number of benzene rings is 2. The topological polar surface area (TPSA) is 89.1 Å². The number of rotatable bonds is 7. The maximum absolute atomic E-state index is 12.3. The van der Waals surface area contributed by atoms with E-state index in [1.54, 1.807) is 32.4 Å². The molecule has 0 aliphatic heterocycles. The highest BCUT2D eigenvalue weighted by atomic mass is 32.2. The second-order valence-corrected chi connectivity index (χ2v) is 6.68. The minimum atomic E-state index is -0.187. The summed E-state index contributed by atoms with van der Waals surface area (Å²) < 4.78 is 10.4. The molecule has 2 N–H and O–H groups in total. The number of hydrogen-bond donors (Lipinski definition) is 2. The first-order chi connectivity index (χ1) is 13.1. The molecule has 27 heavy (non-hydrogen) atoms. The van der Waals surface area contributed by atoms with E-state index >= 15 is 0 Å². The molecule has 0 spiro atoms. The lowest BCUT2D eigenvalue weighted by Gasteiger charge is -2.11. The van der Waals surface area contributed by atoms with Crippen LogP contribution in [0.2, 0.25) is 0 Å². The first-order valence-corrected chi connectivity index (χ1v) is 9.21. The number of amides is 1. The van der Waals surface area contributed by atoms with Crippen molar-refractivity contribution in [2.75, 3.05) is 25.3 Å². The predicted molar refractivity (Wildman–Crippen MR) is 105 cm³/mol. The van der Waals surface area contributed by atoms with Gasteiger partial charge in [0.25, 0.3) is 0 Å². The number of aromatic nitrogens is 3. The van der Waals surface area contributed by atoms with Crippen molar-refractivity contribution in [1.29, 1.82) is 0 Å². The van der Waals surface area contributed by atoms with Crippen LogP contribution in [-0.2, 0) is 4.79 Å². The zero-order valence-corrected chi connectivity index (χ0v) is 16.1. The molecule has 0 saturated carbocycles. The molecule has 0 fully saturated rings. The van der Waals surface area contributed by atoms with Crippen LogP contribution in [0, 0.1) is 6.92 Å². The zero-order chi connectivity index (χ0) is 19.2. The van der Waals surface area contributed by atoms with Crippen LogP contribution in [0.4, 0.5) is 5.69 Å². The van der Waals surface area contributed by atoms with Crippen LogP contribution < -0.4 is 14.8 Å². The van der Waals surface area contributed by atoms with Gasteiger partial charge in [0.2, 0.25) is 11.1 Å². The monoisotopic (exact) mass is 384 g/mol. The van der Waals surface area contributed by atoms with Crippen molar-refractivity contribution in [2.24, 2.45) is 0 Å². The fourth-order valence-electron chi connectivity index (χ4n) is 2.38. The number of H-pyrrole nitrogens is 1. The Morgan fingerprint density at radius 1 is 1.15 bits per heavy atom. The van der Waals surface area contributed by atoms with Crippen LogP contribution >= 0.6 is 11.8 Å². The molecule has 1 amide bonds. The Hall–Kier alpha value is -3.00. The van der Waals surface area contributed by atoms with Crippen molar-refractivity contribution in [3.8, 4) is 22.9 Å². The molecule has 0 aliphatic rings. The lowest BCUT2D eigenvalue weighted by atomic mass is 10.1. The Balaban J connectivity index is 1.61. The summed E-state index contributed by atoms with van der Waals surface area (Å²) in [5.41, 5.74) is 2.68. The molecule has 1 heterocycles. The number of nitrogens with zero attached hydrogens (tertiary/aromatic N) is 2. The van der Waals surface area contributed by atoms with Crippen LogP contribution in [0.5, 0.6) is 11.5 Å². The van der Waals surface area contributed by atoms with Gasteiger partial charge >= 0.3 is 0 Å². The second-order valence-electron chi connectivity index (χ2n) is 5.74. The highest BCUT2D eigenvalue weighted by molar-refractivity contribution is 7.99. The van der Waals surface area contributed by atoms with Gasteiger partial charge in [-0.05, 0) is 19.1 Å². The highest BCUT2D eigenvalue weighted by Crippen LogP contribution is 2.29. The Bertz CT molecular complexity index is 925. The summed E-state index contributed by atoms with van der Waals surface area (Å²) in [4.78, 5) is 16.7. The number of hydrogen-bond acceptors (Lipinski definition) is 6. The van der Waals surface area contributed by atoms with Gasteiger partial charge in [-0.1, -0.05) is 41.6 Å². The minimum absolute atomic E-state index is 0.172. The smallest absolute Gasteiger partial charge is 0.234 e. The molecule has 0 saturated heterocycles. The molecule has 0 unspecified atom stereocenters. The fourth-order valence-corrected chi connectivity index (χ4v) is 2.98. The SMILES string of the molecule is COc1ccc(OC)c(NC(=O)CSc2n[nH]c(-c3ccc(C)cc3)n2)c1. The van der Waals surface area contributed by atoms with Crippen LogP contribution in [0.3, 0.4) is 0 Å². The average molecular weight is 384 g/mol. The van der Waals surface area contributed by atoms with E-state index in [2.05, 4.69) is 20.5 Å². The lowest BCUT2D eigenvalue weighted by molar-refractivity contribution is -0.113. The van der Waals surface area contributed by atoms with Crippen molar-refractivity contribution in [1.82, 2.24) is 15.2 Å². The van der Waals surface area contributed by atoms with Crippen LogP contribution in [0.15, 0.2) is 47.6 Å². The van der Waals surface area contributed by atoms with Crippen molar-refractivity contribution in [3.05, 3.63) is 48.0 Å². The molecule has 3 aromatic rings. The molecular weight excluding hydrogens is 364 g/mol. The number of anilines is 1. The first kappa shape index (κ1) is 18.8. The number of carbonyl (C=O) groups is 1. The molecule has 3 rings (SSSR count). The average Bonchev–Trinajstić information content (AvgIpc) is 3.16. The standard InChI is InChI=1S/C19H20N4O3S/c1-12-4-6-13(7-5-12)18-21-19(23-22-18)27-11-17(24)20-15-10-14(25-2)8-9-16(15)26-3/h4-10H,11H2,1-3H3,(H,20,24)(H,21,22,23). The molecule has 140 valence electrons. The summed E-state index contributed by atoms with van der Waals surface area (Å²) in [5.74, 6) is 1.86. The van der Waals surface area contributed by atoms with E-state index in [0.29, 0.717) is 28.2 Å². The van der Waals surface area contributed by atoms with E-state index in [0.717, 1.165) is 5.56 Å². The Kier molecular flexibility index (Phi) is 5.97. The number of ether oxygens (including phenoxy) is 2. The van der Waals surface area contributed by atoms with E-state index in [-0.39, 0.29) is 11.7 Å². The van der Waals surface area contributed by atoms with Gasteiger partial charge in [0.1, 0.15) is 11.5 Å². The summed E-state index contributed by atoms with van der Waals surface area (Å²) in [6, 6.07) is 13.2. The van der Waals surface area contributed by atoms with Crippen LogP contribution in [-0.4, -0.2) is 41.1 Å². The van der Waals surface area contributed by atoms with E-state index in [9.17, 15) is 4.79 Å². The summed E-state index contributed by atoms with van der Waals surface area (Å²) in [5, 5.41) is 10.4. The van der Waals surface area contributed by atoms with Crippen molar-refractivity contribution < 1.29 is 14.3 Å². The Morgan fingerprint density at radius 2 is 1.93 bits per heavy atom. The van der Waals surface area contributed by atoms with Gasteiger partial charge in [0.05, 0.1) is 25.7 Å². The molecular formula is C19H20N4O3S. The minimum Gasteiger partial charge on any atom is -0.497 e. The third-order valence-electron chi connectivity index (χ3n) is 3.80. The summed E-state index contributed by atoms with van der Waals surface area (Å²) >= 11 is 1.25. The van der Waals surface area contributed by atoms with Gasteiger partial charge < -0.3 is 14.8 Å². The Labute approximate surface area is 161 Å². The van der Waals surface area contributed by atoms with E-state index in [1.807, 2.05) is 31.2 Å². The highest BCUT2D eigenvalue weighted by Gasteiger charge is 2.12. The van der Waals surface area contributed by atoms with Crippen molar-refractivity contribution >= 4 is 23.4 Å². The van der Waals surface area contributed by atoms with Crippen molar-refractivity contribution in [3.63, 3.8) is 0 Å². The molecule has 7 nitrogen and oxygen atoms in total. The third-order valence-corrected chi connectivity index (χ3v) is 4.65. The molecule has 0 radical (unpaired) electrons. The molecule has 0 bridgehead atoms. The molecule has 0 aliphatic carbocycles. The maximum atomic E-state index is 12.3. The summed E-state index contributed by atoms with van der Waals surface area (Å²) in [6.45, 7) is 2.03. The predicted octanol–water partition coefficient (Wildman–Crippen LogP) is 3.53. The van der Waals surface area contributed by atoms with Crippen LogP contribution in [0.1, 0.15) is 5.56 Å². The maximum Gasteiger partial charge on any atom is 0.234 e. The number of aromatic amines is 1. The first-order valence-electron chi connectivity index (χ1n) is 8.23. The Morgan fingerprint density at radius 3 is 2.63 bits per heavy atom. The van der Waals surface area contributed by atoms with Gasteiger partial charge in [0, 0.05) is 11.6 Å². The molecule has 2 aromatic carbocycles. The van der Waals surface area contributed by atoms with E-state index in [4.69, 9.17) is 9.47 Å². The number of nitrogens with one attached hydrogen (secondary N) is 2. The van der Waals surface area contributed by atoms with Gasteiger partial charge in [-0.15, -0.1) is 5.10 Å². The van der Waals surface area contributed by atoms with E-state index < -0.39 is 0 Å². The number of thioether (sulfide) groups is 1. The van der Waals surface area contributed by atoms with Crippen LogP contribution in [0.25, 0.3) is 11.4 Å². The van der Waals surface area contributed by atoms with Gasteiger partial charge in [-0.2, -0.15) is 0 Å². The van der Waals surface area contributed by atoms with Crippen molar-refractivity contribution in [2.45, 2.75) is 12.1 Å². The molecule has 8 heteroatoms. The molecule has 1 aromatic heterocycles. The normalized spacial score (nSPS) is 10.5. The quantitative estimate of drug-likeness (QED) is 0.606. The number of carbonyl (C=O) groups excluding carboxylic acids is 1. The third kappa shape index (κ3) is 4.79. The summed E-state index contributed by atoms with van der Waals surface area (Å²) in [6.07, 6.45) is 0. The number of methoxy groups -OCH3 is 2. The zero-order valence-electron chi connectivity index (χ0n) is 15.3. The van der Waals surface area contributed by atoms with E-state index in [1.165, 1.54) is 17.3 Å². The fraction of sp³-hybridized carbons (Fsp3) is 0.211. The largest absolute Gasteiger partial charge is 0.497 e.